The fourth-order valence-corrected chi connectivity index (χ4v) is 1.53. The number of ether oxygens (including phenoxy) is 1. The lowest BCUT2D eigenvalue weighted by atomic mass is 10.3. The Hall–Kier alpha value is 0.250. The van der Waals surface area contributed by atoms with Crippen molar-refractivity contribution in [2.24, 2.45) is 0 Å². The number of hydrogen-bond donors (Lipinski definition) is 0. The van der Waals surface area contributed by atoms with Gasteiger partial charge >= 0.3 is 0 Å². The highest BCUT2D eigenvalue weighted by Crippen LogP contribution is 2.25. The van der Waals surface area contributed by atoms with Crippen molar-refractivity contribution in [3.8, 4) is 0 Å². The Balaban J connectivity index is 2.30. The van der Waals surface area contributed by atoms with E-state index in [1.54, 1.807) is 7.11 Å². The molecule has 2 atom stereocenters. The molecular formula is C6H11ClO. The molecule has 1 aliphatic rings. The van der Waals surface area contributed by atoms with E-state index in [1.807, 2.05) is 0 Å². The van der Waals surface area contributed by atoms with Crippen molar-refractivity contribution < 1.29 is 4.74 Å². The van der Waals surface area contributed by atoms with E-state index in [-0.39, 0.29) is 5.38 Å². The molecule has 0 aromatic heterocycles. The first-order chi connectivity index (χ1) is 3.84. The molecule has 0 amide bonds. The van der Waals surface area contributed by atoms with Crippen molar-refractivity contribution in [3.63, 3.8) is 0 Å². The zero-order valence-electron chi connectivity index (χ0n) is 5.06. The third-order valence-electron chi connectivity index (χ3n) is 1.67. The molecule has 1 nitrogen and oxygen atoms in total. The normalized spacial score (nSPS) is 38.2. The maximum atomic E-state index is 5.85. The van der Waals surface area contributed by atoms with Gasteiger partial charge in [0, 0.05) is 7.11 Å². The molecule has 0 aliphatic heterocycles. The fraction of sp³-hybridized carbons (Fsp3) is 1.00. The van der Waals surface area contributed by atoms with E-state index in [9.17, 15) is 0 Å². The molecule has 1 saturated carbocycles. The quantitative estimate of drug-likeness (QED) is 0.497. The van der Waals surface area contributed by atoms with E-state index in [0.29, 0.717) is 6.10 Å². The topological polar surface area (TPSA) is 9.23 Å². The average molecular weight is 135 g/mol. The van der Waals surface area contributed by atoms with E-state index < -0.39 is 0 Å². The Kier molecular flexibility index (Phi) is 2.15. The number of rotatable bonds is 1. The van der Waals surface area contributed by atoms with Crippen LogP contribution in [-0.4, -0.2) is 18.6 Å². The number of alkyl halides is 1. The molecule has 0 aromatic carbocycles. The molecule has 2 heteroatoms. The largest absolute Gasteiger partial charge is 0.380 e. The highest BCUT2D eigenvalue weighted by molar-refractivity contribution is 6.21. The molecule has 1 aliphatic carbocycles. The second-order valence-electron chi connectivity index (χ2n) is 2.22. The van der Waals surface area contributed by atoms with Crippen LogP contribution >= 0.6 is 11.6 Å². The van der Waals surface area contributed by atoms with E-state index in [2.05, 4.69) is 0 Å². The van der Waals surface area contributed by atoms with Crippen LogP contribution in [0.25, 0.3) is 0 Å². The first-order valence-electron chi connectivity index (χ1n) is 3.01. The summed E-state index contributed by atoms with van der Waals surface area (Å²) in [5.74, 6) is 0. The van der Waals surface area contributed by atoms with Crippen LogP contribution in [0, 0.1) is 0 Å². The summed E-state index contributed by atoms with van der Waals surface area (Å²) >= 11 is 5.85. The van der Waals surface area contributed by atoms with Gasteiger partial charge in [-0.25, -0.2) is 0 Å². The minimum Gasteiger partial charge on any atom is -0.380 e. The molecular weight excluding hydrogens is 124 g/mol. The lowest BCUT2D eigenvalue weighted by Gasteiger charge is -2.09. The van der Waals surface area contributed by atoms with E-state index >= 15 is 0 Å². The SMILES string of the molecule is COC1CCCC1Cl. The Morgan fingerprint density at radius 1 is 1.50 bits per heavy atom. The summed E-state index contributed by atoms with van der Waals surface area (Å²) in [6.07, 6.45) is 3.83. The molecule has 2 unspecified atom stereocenters. The first kappa shape index (κ1) is 6.37. The zero-order valence-corrected chi connectivity index (χ0v) is 5.82. The third kappa shape index (κ3) is 1.15. The molecule has 1 fully saturated rings. The molecule has 0 spiro atoms. The van der Waals surface area contributed by atoms with E-state index in [0.717, 1.165) is 12.8 Å². The lowest BCUT2D eigenvalue weighted by Crippen LogP contribution is -2.15. The summed E-state index contributed by atoms with van der Waals surface area (Å²) < 4.78 is 5.09. The van der Waals surface area contributed by atoms with Gasteiger partial charge in [0.15, 0.2) is 0 Å². The van der Waals surface area contributed by atoms with Crippen molar-refractivity contribution in [2.45, 2.75) is 30.7 Å². The van der Waals surface area contributed by atoms with Crippen LogP contribution in [0.2, 0.25) is 0 Å². The van der Waals surface area contributed by atoms with Gasteiger partial charge in [-0.1, -0.05) is 0 Å². The summed E-state index contributed by atoms with van der Waals surface area (Å²) in [6, 6.07) is 0. The Bertz CT molecular complexity index is 74.9. The van der Waals surface area contributed by atoms with E-state index in [4.69, 9.17) is 16.3 Å². The smallest absolute Gasteiger partial charge is 0.0734 e. The number of halogens is 1. The third-order valence-corrected chi connectivity index (χ3v) is 2.17. The number of hydrogen-bond acceptors (Lipinski definition) is 1. The Labute approximate surface area is 55.0 Å². The van der Waals surface area contributed by atoms with Crippen LogP contribution in [0.3, 0.4) is 0 Å². The Morgan fingerprint density at radius 3 is 2.50 bits per heavy atom. The predicted molar refractivity (Wildman–Crippen MR) is 34.3 cm³/mol. The maximum Gasteiger partial charge on any atom is 0.0734 e. The minimum atomic E-state index is 0.278. The molecule has 0 saturated heterocycles. The van der Waals surface area contributed by atoms with Crippen LogP contribution in [-0.2, 0) is 4.74 Å². The van der Waals surface area contributed by atoms with Gasteiger partial charge in [0.1, 0.15) is 0 Å². The van der Waals surface area contributed by atoms with Crippen molar-refractivity contribution in [2.75, 3.05) is 7.11 Å². The van der Waals surface area contributed by atoms with Crippen LogP contribution in [0.15, 0.2) is 0 Å². The van der Waals surface area contributed by atoms with Crippen molar-refractivity contribution >= 4 is 11.6 Å². The summed E-state index contributed by atoms with van der Waals surface area (Å²) in [7, 11) is 1.73. The monoisotopic (exact) mass is 134 g/mol. The lowest BCUT2D eigenvalue weighted by molar-refractivity contribution is 0.111. The number of methoxy groups -OCH3 is 1. The Morgan fingerprint density at radius 2 is 2.25 bits per heavy atom. The van der Waals surface area contributed by atoms with Crippen LogP contribution in [0.1, 0.15) is 19.3 Å². The average Bonchev–Trinajstić information content (AvgIpc) is 2.14. The maximum absolute atomic E-state index is 5.85. The second kappa shape index (κ2) is 2.70. The highest BCUT2D eigenvalue weighted by Gasteiger charge is 2.24. The van der Waals surface area contributed by atoms with Gasteiger partial charge in [-0.05, 0) is 19.3 Å². The standard InChI is InChI=1S/C6H11ClO/c1-8-6-4-2-3-5(6)7/h5-6H,2-4H2,1H3. The van der Waals surface area contributed by atoms with Gasteiger partial charge in [-0.3, -0.25) is 0 Å². The molecule has 48 valence electrons. The van der Waals surface area contributed by atoms with Crippen LogP contribution in [0.4, 0.5) is 0 Å². The summed E-state index contributed by atoms with van der Waals surface area (Å²) in [4.78, 5) is 0. The minimum absolute atomic E-state index is 0.278. The molecule has 8 heavy (non-hydrogen) atoms. The fourth-order valence-electron chi connectivity index (χ4n) is 1.15. The first-order valence-corrected chi connectivity index (χ1v) is 3.45. The van der Waals surface area contributed by atoms with Crippen molar-refractivity contribution in [1.82, 2.24) is 0 Å². The van der Waals surface area contributed by atoms with Gasteiger partial charge in [-0.2, -0.15) is 0 Å². The molecule has 0 radical (unpaired) electrons. The molecule has 0 aromatic rings. The van der Waals surface area contributed by atoms with Gasteiger partial charge in [-0.15, -0.1) is 11.6 Å². The summed E-state index contributed by atoms with van der Waals surface area (Å²) in [5.41, 5.74) is 0. The van der Waals surface area contributed by atoms with Gasteiger partial charge in [0.05, 0.1) is 11.5 Å². The summed E-state index contributed by atoms with van der Waals surface area (Å²) in [5, 5.41) is 0.278. The van der Waals surface area contributed by atoms with Crippen molar-refractivity contribution in [3.05, 3.63) is 0 Å². The molecule has 1 rings (SSSR count). The van der Waals surface area contributed by atoms with Gasteiger partial charge in [0.2, 0.25) is 0 Å². The van der Waals surface area contributed by atoms with Gasteiger partial charge in [0.25, 0.3) is 0 Å². The molecule has 0 heterocycles. The molecule has 0 N–H and O–H groups in total. The van der Waals surface area contributed by atoms with E-state index in [1.165, 1.54) is 6.42 Å². The highest BCUT2D eigenvalue weighted by atomic mass is 35.5. The zero-order chi connectivity index (χ0) is 5.98. The second-order valence-corrected chi connectivity index (χ2v) is 2.78. The van der Waals surface area contributed by atoms with Crippen LogP contribution in [0.5, 0.6) is 0 Å². The van der Waals surface area contributed by atoms with Gasteiger partial charge < -0.3 is 4.74 Å². The summed E-state index contributed by atoms with van der Waals surface area (Å²) in [6.45, 7) is 0. The molecule has 0 bridgehead atoms. The predicted octanol–water partition coefficient (Wildman–Crippen LogP) is 1.79. The van der Waals surface area contributed by atoms with Crippen LogP contribution < -0.4 is 0 Å². The van der Waals surface area contributed by atoms with Crippen molar-refractivity contribution in [1.29, 1.82) is 0 Å².